The summed E-state index contributed by atoms with van der Waals surface area (Å²) < 4.78 is 1.97. The Hall–Kier alpha value is -1.36. The van der Waals surface area contributed by atoms with Gasteiger partial charge in [-0.1, -0.05) is 68.3 Å². The number of hydrogen-bond donors (Lipinski definition) is 1. The first-order valence-corrected chi connectivity index (χ1v) is 9.80. The first-order valence-electron chi connectivity index (χ1n) is 7.84. The van der Waals surface area contributed by atoms with E-state index >= 15 is 0 Å². The van der Waals surface area contributed by atoms with Gasteiger partial charge in [-0.3, -0.25) is 4.79 Å². The highest BCUT2D eigenvalue weighted by molar-refractivity contribution is 9.10. The Morgan fingerprint density at radius 2 is 1.60 bits per heavy atom. The Labute approximate surface area is 169 Å². The summed E-state index contributed by atoms with van der Waals surface area (Å²) in [5, 5.41) is 2.93. The van der Waals surface area contributed by atoms with Crippen LogP contribution in [0.1, 0.15) is 12.0 Å². The zero-order valence-electron chi connectivity index (χ0n) is 13.3. The van der Waals surface area contributed by atoms with Gasteiger partial charge in [0.15, 0.2) is 0 Å². The largest absolute Gasteiger partial charge is 0.326 e. The molecule has 3 rings (SSSR count). The van der Waals surface area contributed by atoms with E-state index in [9.17, 15) is 4.79 Å². The van der Waals surface area contributed by atoms with Gasteiger partial charge in [0, 0.05) is 27.0 Å². The van der Waals surface area contributed by atoms with Gasteiger partial charge in [0.05, 0.1) is 4.87 Å². The SMILES string of the molecule is O=C(CC1C=CC=CC1(Cl)c1ccc(Br)cc1)Nc1ccc(Br)cc1. The van der Waals surface area contributed by atoms with Crippen molar-refractivity contribution < 1.29 is 4.79 Å². The minimum Gasteiger partial charge on any atom is -0.326 e. The first-order chi connectivity index (χ1) is 12.0. The molecule has 1 aliphatic carbocycles. The van der Waals surface area contributed by atoms with Gasteiger partial charge in [-0.05, 0) is 42.0 Å². The molecule has 25 heavy (non-hydrogen) atoms. The number of halogens is 3. The van der Waals surface area contributed by atoms with E-state index in [2.05, 4.69) is 37.2 Å². The van der Waals surface area contributed by atoms with E-state index in [-0.39, 0.29) is 11.8 Å². The van der Waals surface area contributed by atoms with Crippen LogP contribution in [0.5, 0.6) is 0 Å². The lowest BCUT2D eigenvalue weighted by Gasteiger charge is -2.33. The number of amides is 1. The van der Waals surface area contributed by atoms with Crippen molar-refractivity contribution in [3.8, 4) is 0 Å². The minimum absolute atomic E-state index is 0.0607. The van der Waals surface area contributed by atoms with Crippen LogP contribution in [0.4, 0.5) is 5.69 Å². The average molecular weight is 482 g/mol. The number of rotatable bonds is 4. The molecule has 2 nitrogen and oxygen atoms in total. The molecular weight excluding hydrogens is 465 g/mol. The molecule has 2 unspecified atom stereocenters. The highest BCUT2D eigenvalue weighted by Crippen LogP contribution is 2.43. The number of anilines is 1. The summed E-state index contributed by atoms with van der Waals surface area (Å²) in [5.41, 5.74) is 1.74. The molecule has 0 aliphatic heterocycles. The van der Waals surface area contributed by atoms with Gasteiger partial charge >= 0.3 is 0 Å². The second-order valence-electron chi connectivity index (χ2n) is 5.88. The Morgan fingerprint density at radius 1 is 1.00 bits per heavy atom. The van der Waals surface area contributed by atoms with Gasteiger partial charge in [0.1, 0.15) is 0 Å². The number of benzene rings is 2. The van der Waals surface area contributed by atoms with E-state index in [0.717, 1.165) is 20.2 Å². The van der Waals surface area contributed by atoms with E-state index in [1.165, 1.54) is 0 Å². The number of nitrogens with one attached hydrogen (secondary N) is 1. The molecular formula is C20H16Br2ClNO. The zero-order valence-corrected chi connectivity index (χ0v) is 17.2. The second-order valence-corrected chi connectivity index (χ2v) is 8.34. The van der Waals surface area contributed by atoms with Crippen molar-refractivity contribution in [1.29, 1.82) is 0 Å². The van der Waals surface area contributed by atoms with E-state index < -0.39 is 4.87 Å². The minimum atomic E-state index is -0.730. The summed E-state index contributed by atoms with van der Waals surface area (Å²) in [6.45, 7) is 0. The Morgan fingerprint density at radius 3 is 2.24 bits per heavy atom. The highest BCUT2D eigenvalue weighted by Gasteiger charge is 2.37. The molecule has 0 saturated carbocycles. The third kappa shape index (κ3) is 4.43. The standard InChI is InChI=1S/C20H16Br2ClNO/c21-16-6-4-14(5-7-16)20(23)12-2-1-3-15(20)13-19(25)24-18-10-8-17(22)9-11-18/h1-12,15H,13H2,(H,24,25). The van der Waals surface area contributed by atoms with Crippen molar-refractivity contribution in [3.05, 3.63) is 87.3 Å². The van der Waals surface area contributed by atoms with Crippen molar-refractivity contribution >= 4 is 55.1 Å². The maximum Gasteiger partial charge on any atom is 0.225 e. The summed E-state index contributed by atoms with van der Waals surface area (Å²) in [6, 6.07) is 15.4. The first kappa shape index (κ1) is 18.4. The van der Waals surface area contributed by atoms with Crippen LogP contribution in [0.15, 0.2) is 81.8 Å². The van der Waals surface area contributed by atoms with Crippen LogP contribution in [0.2, 0.25) is 0 Å². The number of alkyl halides is 1. The molecule has 2 aromatic rings. The lowest BCUT2D eigenvalue weighted by Crippen LogP contribution is -2.31. The summed E-state index contributed by atoms with van der Waals surface area (Å²) in [4.78, 5) is 11.8. The summed E-state index contributed by atoms with van der Waals surface area (Å²) in [7, 11) is 0. The Bertz CT molecular complexity index is 815. The van der Waals surface area contributed by atoms with E-state index in [1.54, 1.807) is 0 Å². The number of allylic oxidation sites excluding steroid dienone is 4. The fraction of sp³-hybridized carbons (Fsp3) is 0.150. The number of carbonyl (C=O) groups is 1. The van der Waals surface area contributed by atoms with Crippen molar-refractivity contribution in [2.75, 3.05) is 5.32 Å². The van der Waals surface area contributed by atoms with Gasteiger partial charge < -0.3 is 5.32 Å². The highest BCUT2D eigenvalue weighted by atomic mass is 79.9. The molecule has 0 heterocycles. The predicted octanol–water partition coefficient (Wildman–Crippen LogP) is 6.42. The van der Waals surface area contributed by atoms with Crippen molar-refractivity contribution in [1.82, 2.24) is 0 Å². The van der Waals surface area contributed by atoms with E-state index in [4.69, 9.17) is 11.6 Å². The molecule has 0 aromatic heterocycles. The van der Waals surface area contributed by atoms with Gasteiger partial charge in [-0.25, -0.2) is 0 Å². The van der Waals surface area contributed by atoms with E-state index in [1.807, 2.05) is 72.8 Å². The molecule has 1 amide bonds. The topological polar surface area (TPSA) is 29.1 Å². The average Bonchev–Trinajstić information content (AvgIpc) is 2.59. The lowest BCUT2D eigenvalue weighted by molar-refractivity contribution is -0.116. The third-order valence-corrected chi connectivity index (χ3v) is 5.83. The van der Waals surface area contributed by atoms with Crippen LogP contribution >= 0.6 is 43.5 Å². The zero-order chi connectivity index (χ0) is 17.9. The summed E-state index contributed by atoms with van der Waals surface area (Å²) in [5.74, 6) is -0.190. The molecule has 0 fully saturated rings. The molecule has 0 bridgehead atoms. The quantitative estimate of drug-likeness (QED) is 0.502. The van der Waals surface area contributed by atoms with Crippen LogP contribution < -0.4 is 5.32 Å². The molecule has 128 valence electrons. The molecule has 1 aliphatic rings. The maximum atomic E-state index is 12.5. The van der Waals surface area contributed by atoms with Gasteiger partial charge in [-0.15, -0.1) is 11.6 Å². The normalized spacial score (nSPS) is 22.0. The molecule has 5 heteroatoms. The summed E-state index contributed by atoms with van der Waals surface area (Å²) >= 11 is 13.8. The number of carbonyl (C=O) groups excluding carboxylic acids is 1. The molecule has 0 saturated heterocycles. The molecule has 0 radical (unpaired) electrons. The van der Waals surface area contributed by atoms with Gasteiger partial charge in [-0.2, -0.15) is 0 Å². The van der Waals surface area contributed by atoms with Crippen LogP contribution in [0.3, 0.4) is 0 Å². The van der Waals surface area contributed by atoms with E-state index in [0.29, 0.717) is 6.42 Å². The summed E-state index contributed by atoms with van der Waals surface area (Å²) in [6.07, 6.45) is 8.12. The van der Waals surface area contributed by atoms with Crippen LogP contribution in [0, 0.1) is 5.92 Å². The van der Waals surface area contributed by atoms with Crippen molar-refractivity contribution in [2.45, 2.75) is 11.3 Å². The molecule has 1 N–H and O–H groups in total. The van der Waals surface area contributed by atoms with Gasteiger partial charge in [0.2, 0.25) is 5.91 Å². The smallest absolute Gasteiger partial charge is 0.225 e. The molecule has 0 spiro atoms. The van der Waals surface area contributed by atoms with Crippen LogP contribution in [-0.2, 0) is 9.67 Å². The van der Waals surface area contributed by atoms with Crippen molar-refractivity contribution in [2.24, 2.45) is 5.92 Å². The fourth-order valence-electron chi connectivity index (χ4n) is 2.83. The predicted molar refractivity (Wildman–Crippen MR) is 111 cm³/mol. The van der Waals surface area contributed by atoms with Gasteiger partial charge in [0.25, 0.3) is 0 Å². The van der Waals surface area contributed by atoms with Crippen LogP contribution in [0.25, 0.3) is 0 Å². The Kier molecular flexibility index (Phi) is 5.82. The monoisotopic (exact) mass is 479 g/mol. The molecule has 2 aromatic carbocycles. The second kappa shape index (κ2) is 7.90. The maximum absolute atomic E-state index is 12.5. The third-order valence-electron chi connectivity index (χ3n) is 4.15. The lowest BCUT2D eigenvalue weighted by atomic mass is 9.80. The Balaban J connectivity index is 1.76. The number of hydrogen-bond acceptors (Lipinski definition) is 1. The molecule has 2 atom stereocenters. The fourth-order valence-corrected chi connectivity index (χ4v) is 3.71. The van der Waals surface area contributed by atoms with Crippen LogP contribution in [-0.4, -0.2) is 5.91 Å². The van der Waals surface area contributed by atoms with Crippen molar-refractivity contribution in [3.63, 3.8) is 0 Å².